The first-order chi connectivity index (χ1) is 12.0. The third-order valence-corrected chi connectivity index (χ3v) is 5.15. The number of rotatable bonds is 7. The molecule has 2 atom stereocenters. The molecule has 0 spiro atoms. The summed E-state index contributed by atoms with van der Waals surface area (Å²) in [7, 11) is 0. The number of quaternary nitrogens is 1. The van der Waals surface area contributed by atoms with Crippen LogP contribution in [-0.4, -0.2) is 40.1 Å². The van der Waals surface area contributed by atoms with Crippen molar-refractivity contribution in [3.05, 3.63) is 46.4 Å². The third kappa shape index (κ3) is 3.94. The zero-order valence-electron chi connectivity index (χ0n) is 14.1. The van der Waals surface area contributed by atoms with E-state index in [9.17, 15) is 10.2 Å². The molecule has 4 nitrogen and oxygen atoms in total. The molecule has 0 unspecified atom stereocenters. The van der Waals surface area contributed by atoms with E-state index in [2.05, 4.69) is 4.57 Å². The first-order valence-electron chi connectivity index (χ1n) is 8.52. The molecular weight excluding hydrogens is 359 g/mol. The van der Waals surface area contributed by atoms with Crippen molar-refractivity contribution < 1.29 is 15.5 Å². The molecule has 1 heterocycles. The molecule has 3 aromatic rings. The lowest BCUT2D eigenvalue weighted by molar-refractivity contribution is -0.696. The highest BCUT2D eigenvalue weighted by Gasteiger charge is 2.17. The number of hydrogen-bond donors (Lipinski definition) is 3. The lowest BCUT2D eigenvalue weighted by Gasteiger charge is -2.16. The molecule has 1 aromatic heterocycles. The van der Waals surface area contributed by atoms with Gasteiger partial charge in [-0.15, -0.1) is 0 Å². The summed E-state index contributed by atoms with van der Waals surface area (Å²) in [5.41, 5.74) is 2.05. The van der Waals surface area contributed by atoms with Gasteiger partial charge in [0.05, 0.1) is 13.2 Å². The van der Waals surface area contributed by atoms with Crippen LogP contribution in [0.4, 0.5) is 0 Å². The molecule has 0 fully saturated rings. The minimum atomic E-state index is -0.522. The molecule has 4 N–H and O–H groups in total. The Labute approximate surface area is 157 Å². The number of aliphatic hydroxyl groups excluding tert-OH is 2. The van der Waals surface area contributed by atoms with Crippen LogP contribution in [0.1, 0.15) is 13.3 Å². The zero-order chi connectivity index (χ0) is 18.0. The Morgan fingerprint density at radius 3 is 2.08 bits per heavy atom. The molecule has 0 aliphatic carbocycles. The summed E-state index contributed by atoms with van der Waals surface area (Å²) in [6.45, 7) is 3.17. The number of hydrogen-bond acceptors (Lipinski definition) is 2. The van der Waals surface area contributed by atoms with Gasteiger partial charge in [-0.1, -0.05) is 30.1 Å². The van der Waals surface area contributed by atoms with Crippen LogP contribution in [0, 0.1) is 0 Å². The fourth-order valence-electron chi connectivity index (χ4n) is 3.25. The standard InChI is InChI=1S/C19H22Cl2N2O2/c1-2-14(11-24)22-9-15(25)10-23-18-5-3-12(20)7-16(18)17-8-13(21)4-6-19(17)23/h3-8,14-15,22,24-25H,2,9-11H2,1H3/p+1/t14-,15+/m1/s1. The minimum absolute atomic E-state index is 0.121. The van der Waals surface area contributed by atoms with Gasteiger partial charge in [-0.25, -0.2) is 0 Å². The second kappa shape index (κ2) is 7.94. The second-order valence-corrected chi connectivity index (χ2v) is 7.28. The number of fused-ring (bicyclic) bond motifs is 3. The number of aliphatic hydroxyl groups is 2. The number of aromatic nitrogens is 1. The molecule has 0 bridgehead atoms. The summed E-state index contributed by atoms with van der Waals surface area (Å²) in [5.74, 6) is 0. The van der Waals surface area contributed by atoms with Crippen molar-refractivity contribution in [3.8, 4) is 0 Å². The maximum Gasteiger partial charge on any atom is 0.121 e. The van der Waals surface area contributed by atoms with Crippen LogP contribution in [0.3, 0.4) is 0 Å². The van der Waals surface area contributed by atoms with Crippen molar-refractivity contribution in [3.63, 3.8) is 0 Å². The first kappa shape index (κ1) is 18.5. The number of benzene rings is 2. The Bertz CT molecular complexity index is 815. The monoisotopic (exact) mass is 381 g/mol. The average molecular weight is 382 g/mol. The van der Waals surface area contributed by atoms with Gasteiger partial charge in [0.25, 0.3) is 0 Å². The van der Waals surface area contributed by atoms with Crippen LogP contribution in [-0.2, 0) is 6.54 Å². The van der Waals surface area contributed by atoms with E-state index >= 15 is 0 Å². The number of nitrogens with zero attached hydrogens (tertiary/aromatic N) is 1. The maximum atomic E-state index is 10.5. The molecule has 0 aliphatic rings. The molecule has 25 heavy (non-hydrogen) atoms. The van der Waals surface area contributed by atoms with Crippen molar-refractivity contribution in [1.29, 1.82) is 0 Å². The van der Waals surface area contributed by atoms with Crippen molar-refractivity contribution >= 4 is 45.0 Å². The number of halogens is 2. The van der Waals surface area contributed by atoms with Gasteiger partial charge >= 0.3 is 0 Å². The highest BCUT2D eigenvalue weighted by molar-refractivity contribution is 6.33. The van der Waals surface area contributed by atoms with Gasteiger partial charge in [-0.2, -0.15) is 0 Å². The quantitative estimate of drug-likeness (QED) is 0.589. The zero-order valence-corrected chi connectivity index (χ0v) is 15.6. The molecule has 0 saturated carbocycles. The van der Waals surface area contributed by atoms with Crippen molar-refractivity contribution in [2.24, 2.45) is 0 Å². The minimum Gasteiger partial charge on any atom is -0.390 e. The molecule has 0 aliphatic heterocycles. The molecule has 0 saturated heterocycles. The smallest absolute Gasteiger partial charge is 0.121 e. The molecule has 2 aromatic carbocycles. The summed E-state index contributed by atoms with van der Waals surface area (Å²) in [6, 6.07) is 11.7. The van der Waals surface area contributed by atoms with E-state index in [0.29, 0.717) is 23.1 Å². The van der Waals surface area contributed by atoms with E-state index in [4.69, 9.17) is 23.2 Å². The van der Waals surface area contributed by atoms with Gasteiger partial charge in [-0.05, 0) is 42.8 Å². The third-order valence-electron chi connectivity index (χ3n) is 4.68. The van der Waals surface area contributed by atoms with Gasteiger partial charge < -0.3 is 20.1 Å². The van der Waals surface area contributed by atoms with E-state index in [1.54, 1.807) is 0 Å². The van der Waals surface area contributed by atoms with Crippen molar-refractivity contribution in [1.82, 2.24) is 4.57 Å². The van der Waals surface area contributed by atoms with E-state index in [-0.39, 0.29) is 12.6 Å². The Morgan fingerprint density at radius 1 is 1.04 bits per heavy atom. The lowest BCUT2D eigenvalue weighted by Crippen LogP contribution is -2.92. The number of nitrogens with two attached hydrogens (primary N) is 1. The fourth-order valence-corrected chi connectivity index (χ4v) is 3.59. The van der Waals surface area contributed by atoms with E-state index in [1.165, 1.54) is 0 Å². The highest BCUT2D eigenvalue weighted by Crippen LogP contribution is 2.32. The SMILES string of the molecule is CC[C@H](CO)[NH2+]C[C@H](O)Cn1c2ccc(Cl)cc2c2cc(Cl)ccc21. The topological polar surface area (TPSA) is 62.0 Å². The average Bonchev–Trinajstić information content (AvgIpc) is 2.88. The van der Waals surface area contributed by atoms with Gasteiger partial charge in [0, 0.05) is 31.9 Å². The summed E-state index contributed by atoms with van der Waals surface area (Å²) in [4.78, 5) is 0. The van der Waals surface area contributed by atoms with Crippen LogP contribution in [0.2, 0.25) is 10.0 Å². The van der Waals surface area contributed by atoms with Crippen LogP contribution in [0.15, 0.2) is 36.4 Å². The first-order valence-corrected chi connectivity index (χ1v) is 9.28. The normalized spacial score (nSPS) is 14.3. The Hall–Kier alpha value is -1.30. The molecule has 6 heteroatoms. The fraction of sp³-hybridized carbons (Fsp3) is 0.368. The van der Waals surface area contributed by atoms with E-state index in [0.717, 1.165) is 28.2 Å². The van der Waals surface area contributed by atoms with Crippen LogP contribution in [0.5, 0.6) is 0 Å². The van der Waals surface area contributed by atoms with Gasteiger partial charge in [0.2, 0.25) is 0 Å². The summed E-state index contributed by atoms with van der Waals surface area (Å²) < 4.78 is 2.11. The Kier molecular flexibility index (Phi) is 5.87. The molecule has 134 valence electrons. The largest absolute Gasteiger partial charge is 0.390 e. The van der Waals surface area contributed by atoms with Crippen LogP contribution in [0.25, 0.3) is 21.8 Å². The van der Waals surface area contributed by atoms with E-state index < -0.39 is 6.10 Å². The van der Waals surface area contributed by atoms with Gasteiger partial charge in [0.1, 0.15) is 18.7 Å². The summed E-state index contributed by atoms with van der Waals surface area (Å²) in [5, 5.41) is 25.2. The predicted octanol–water partition coefficient (Wildman–Crippen LogP) is 2.80. The Balaban J connectivity index is 1.94. The van der Waals surface area contributed by atoms with Crippen molar-refractivity contribution in [2.75, 3.05) is 13.2 Å². The summed E-state index contributed by atoms with van der Waals surface area (Å²) >= 11 is 12.3. The van der Waals surface area contributed by atoms with Gasteiger partial charge in [-0.3, -0.25) is 0 Å². The van der Waals surface area contributed by atoms with Crippen LogP contribution >= 0.6 is 23.2 Å². The van der Waals surface area contributed by atoms with Gasteiger partial charge in [0.15, 0.2) is 0 Å². The molecule has 3 rings (SSSR count). The molecule has 0 amide bonds. The molecule has 0 radical (unpaired) electrons. The van der Waals surface area contributed by atoms with Crippen molar-refractivity contribution in [2.45, 2.75) is 32.0 Å². The highest BCUT2D eigenvalue weighted by atomic mass is 35.5. The second-order valence-electron chi connectivity index (χ2n) is 6.41. The predicted molar refractivity (Wildman–Crippen MR) is 103 cm³/mol. The van der Waals surface area contributed by atoms with E-state index in [1.807, 2.05) is 48.6 Å². The van der Waals surface area contributed by atoms with Crippen LogP contribution < -0.4 is 5.32 Å². The summed E-state index contributed by atoms with van der Waals surface area (Å²) in [6.07, 6.45) is 0.348. The lowest BCUT2D eigenvalue weighted by atomic mass is 10.1. The Morgan fingerprint density at radius 2 is 1.60 bits per heavy atom. The maximum absolute atomic E-state index is 10.5. The molecular formula is C19H23Cl2N2O2+.